The molecule has 1 atom stereocenters. The molecule has 1 unspecified atom stereocenters. The van der Waals surface area contributed by atoms with Gasteiger partial charge in [-0.1, -0.05) is 36.4 Å². The fourth-order valence-corrected chi connectivity index (χ4v) is 3.83. The van der Waals surface area contributed by atoms with E-state index in [-0.39, 0.29) is 6.10 Å². The molecule has 0 bridgehead atoms. The van der Waals surface area contributed by atoms with E-state index in [2.05, 4.69) is 51.9 Å². The third-order valence-corrected chi connectivity index (χ3v) is 5.36. The predicted molar refractivity (Wildman–Crippen MR) is 100 cm³/mol. The Kier molecular flexibility index (Phi) is 4.55. The zero-order valence-electron chi connectivity index (χ0n) is 14.7. The van der Waals surface area contributed by atoms with Gasteiger partial charge in [0.05, 0.1) is 17.5 Å². The molecule has 0 spiro atoms. The van der Waals surface area contributed by atoms with Crippen LogP contribution >= 0.6 is 0 Å². The molecule has 1 saturated heterocycles. The predicted octanol–water partition coefficient (Wildman–Crippen LogP) is 3.59. The second-order valence-corrected chi connectivity index (χ2v) is 7.06. The van der Waals surface area contributed by atoms with Crippen LogP contribution in [0.15, 0.2) is 54.7 Å². The maximum absolute atomic E-state index is 9.82. The Hall–Kier alpha value is -2.17. The number of hydrogen-bond donors (Lipinski definition) is 1. The first-order valence-electron chi connectivity index (χ1n) is 9.14. The summed E-state index contributed by atoms with van der Waals surface area (Å²) >= 11 is 0. The lowest BCUT2D eigenvalue weighted by Gasteiger charge is -2.33. The van der Waals surface area contributed by atoms with E-state index in [9.17, 15) is 5.11 Å². The zero-order valence-corrected chi connectivity index (χ0v) is 14.7. The van der Waals surface area contributed by atoms with Gasteiger partial charge in [0.2, 0.25) is 0 Å². The minimum absolute atomic E-state index is 0.196. The van der Waals surface area contributed by atoms with E-state index in [0.717, 1.165) is 43.8 Å². The van der Waals surface area contributed by atoms with Crippen molar-refractivity contribution in [2.24, 2.45) is 5.92 Å². The number of rotatable bonds is 4. The van der Waals surface area contributed by atoms with Crippen LogP contribution in [0, 0.1) is 5.92 Å². The van der Waals surface area contributed by atoms with Crippen molar-refractivity contribution in [1.82, 2.24) is 14.3 Å². The first-order chi connectivity index (χ1) is 12.2. The standard InChI is InChI=1S/C21H25N3O/c1-16(25)17-10-13-23(14-11-17)15-19-21(18-7-3-2-4-8-18)22-20-9-5-6-12-24(19)20/h2-9,12,16-17,25H,10-11,13-15H2,1H3. The lowest BCUT2D eigenvalue weighted by Crippen LogP contribution is -2.36. The van der Waals surface area contributed by atoms with Crippen LogP contribution in [0.2, 0.25) is 0 Å². The van der Waals surface area contributed by atoms with Crippen LogP contribution in [0.1, 0.15) is 25.5 Å². The average molecular weight is 335 g/mol. The van der Waals surface area contributed by atoms with Crippen LogP contribution in [0.5, 0.6) is 0 Å². The van der Waals surface area contributed by atoms with Crippen molar-refractivity contribution >= 4 is 5.65 Å². The fourth-order valence-electron chi connectivity index (χ4n) is 3.83. The number of imidazole rings is 1. The number of fused-ring (bicyclic) bond motifs is 1. The number of aromatic nitrogens is 2. The Morgan fingerprint density at radius 1 is 1.08 bits per heavy atom. The van der Waals surface area contributed by atoms with Crippen molar-refractivity contribution in [2.45, 2.75) is 32.4 Å². The monoisotopic (exact) mass is 335 g/mol. The quantitative estimate of drug-likeness (QED) is 0.792. The first kappa shape index (κ1) is 16.3. The molecule has 4 heteroatoms. The average Bonchev–Trinajstić information content (AvgIpc) is 3.02. The molecule has 2 aromatic heterocycles. The Labute approximate surface area is 148 Å². The van der Waals surface area contributed by atoms with Crippen molar-refractivity contribution in [3.8, 4) is 11.3 Å². The van der Waals surface area contributed by atoms with Crippen molar-refractivity contribution < 1.29 is 5.11 Å². The summed E-state index contributed by atoms with van der Waals surface area (Å²) in [5.41, 5.74) is 4.48. The highest BCUT2D eigenvalue weighted by Gasteiger charge is 2.24. The normalized spacial score (nSPS) is 17.8. The van der Waals surface area contributed by atoms with E-state index in [1.807, 2.05) is 19.1 Å². The summed E-state index contributed by atoms with van der Waals surface area (Å²) in [7, 11) is 0. The highest BCUT2D eigenvalue weighted by atomic mass is 16.3. The Bertz CT molecular complexity index is 833. The first-order valence-corrected chi connectivity index (χ1v) is 9.14. The molecule has 130 valence electrons. The molecular weight excluding hydrogens is 310 g/mol. The lowest BCUT2D eigenvalue weighted by atomic mass is 9.92. The molecule has 1 aromatic carbocycles. The summed E-state index contributed by atoms with van der Waals surface area (Å²) in [5, 5.41) is 9.82. The molecule has 3 heterocycles. The number of hydrogen-bond acceptors (Lipinski definition) is 3. The zero-order chi connectivity index (χ0) is 17.2. The van der Waals surface area contributed by atoms with Crippen LogP contribution in [0.3, 0.4) is 0 Å². The number of aliphatic hydroxyl groups is 1. The van der Waals surface area contributed by atoms with Gasteiger partial charge in [0.1, 0.15) is 5.65 Å². The second kappa shape index (κ2) is 6.98. The maximum atomic E-state index is 9.82. The number of benzene rings is 1. The van der Waals surface area contributed by atoms with Crippen LogP contribution in [-0.2, 0) is 6.54 Å². The summed E-state index contributed by atoms with van der Waals surface area (Å²) < 4.78 is 2.21. The molecule has 0 radical (unpaired) electrons. The van der Waals surface area contributed by atoms with Gasteiger partial charge in [0.15, 0.2) is 0 Å². The van der Waals surface area contributed by atoms with Gasteiger partial charge in [-0.15, -0.1) is 0 Å². The summed E-state index contributed by atoms with van der Waals surface area (Å²) in [5.74, 6) is 0.437. The van der Waals surface area contributed by atoms with Crippen LogP contribution < -0.4 is 0 Å². The van der Waals surface area contributed by atoms with Crippen molar-refractivity contribution in [3.05, 3.63) is 60.4 Å². The van der Waals surface area contributed by atoms with Crippen molar-refractivity contribution in [1.29, 1.82) is 0 Å². The van der Waals surface area contributed by atoms with E-state index in [1.54, 1.807) is 0 Å². The van der Waals surface area contributed by atoms with Gasteiger partial charge in [-0.25, -0.2) is 4.98 Å². The van der Waals surface area contributed by atoms with E-state index in [4.69, 9.17) is 4.98 Å². The Morgan fingerprint density at radius 2 is 1.80 bits per heavy atom. The van der Waals surface area contributed by atoms with Crippen LogP contribution in [-0.4, -0.2) is 38.6 Å². The SMILES string of the molecule is CC(O)C1CCN(Cc2c(-c3ccccc3)nc3ccccn23)CC1. The highest BCUT2D eigenvalue weighted by Crippen LogP contribution is 2.28. The van der Waals surface area contributed by atoms with E-state index >= 15 is 0 Å². The molecule has 4 nitrogen and oxygen atoms in total. The Morgan fingerprint density at radius 3 is 2.52 bits per heavy atom. The van der Waals surface area contributed by atoms with Crippen molar-refractivity contribution in [2.75, 3.05) is 13.1 Å². The summed E-state index contributed by atoms with van der Waals surface area (Å²) in [6, 6.07) is 16.6. The molecule has 3 aromatic rings. The van der Waals surface area contributed by atoms with Crippen molar-refractivity contribution in [3.63, 3.8) is 0 Å². The van der Waals surface area contributed by atoms with Crippen LogP contribution in [0.4, 0.5) is 0 Å². The molecule has 0 saturated carbocycles. The minimum Gasteiger partial charge on any atom is -0.393 e. The molecule has 0 amide bonds. The van der Waals surface area contributed by atoms with Gasteiger partial charge in [-0.05, 0) is 50.9 Å². The molecule has 0 aliphatic carbocycles. The van der Waals surface area contributed by atoms with E-state index in [1.165, 1.54) is 11.3 Å². The van der Waals surface area contributed by atoms with Gasteiger partial charge in [-0.2, -0.15) is 0 Å². The van der Waals surface area contributed by atoms with Gasteiger partial charge >= 0.3 is 0 Å². The molecule has 1 aliphatic heterocycles. The summed E-state index contributed by atoms with van der Waals surface area (Å²) in [4.78, 5) is 7.38. The third-order valence-electron chi connectivity index (χ3n) is 5.36. The van der Waals surface area contributed by atoms with Crippen LogP contribution in [0.25, 0.3) is 16.9 Å². The largest absolute Gasteiger partial charge is 0.393 e. The number of likely N-dealkylation sites (tertiary alicyclic amines) is 1. The summed E-state index contributed by atoms with van der Waals surface area (Å²) in [6.45, 7) is 4.87. The number of pyridine rings is 1. The molecular formula is C21H25N3O. The van der Waals surface area contributed by atoms with Gasteiger partial charge in [0, 0.05) is 18.3 Å². The molecule has 1 N–H and O–H groups in total. The minimum atomic E-state index is -0.196. The molecule has 4 rings (SSSR count). The molecule has 1 fully saturated rings. The fraction of sp³-hybridized carbons (Fsp3) is 0.381. The number of piperidine rings is 1. The van der Waals surface area contributed by atoms with E-state index in [0.29, 0.717) is 5.92 Å². The number of nitrogens with zero attached hydrogens (tertiary/aromatic N) is 3. The second-order valence-electron chi connectivity index (χ2n) is 7.06. The molecule has 1 aliphatic rings. The highest BCUT2D eigenvalue weighted by molar-refractivity contribution is 5.66. The van der Waals surface area contributed by atoms with Gasteiger partial charge in [-0.3, -0.25) is 4.90 Å². The smallest absolute Gasteiger partial charge is 0.137 e. The topological polar surface area (TPSA) is 40.8 Å². The van der Waals surface area contributed by atoms with E-state index < -0.39 is 0 Å². The van der Waals surface area contributed by atoms with Gasteiger partial charge in [0.25, 0.3) is 0 Å². The maximum Gasteiger partial charge on any atom is 0.137 e. The third kappa shape index (κ3) is 3.32. The summed E-state index contributed by atoms with van der Waals surface area (Å²) in [6.07, 6.45) is 4.04. The number of aliphatic hydroxyl groups excluding tert-OH is 1. The van der Waals surface area contributed by atoms with Gasteiger partial charge < -0.3 is 9.51 Å². The lowest BCUT2D eigenvalue weighted by molar-refractivity contribution is 0.0691. The molecule has 25 heavy (non-hydrogen) atoms. The Balaban J connectivity index is 1.65.